The molecule has 2 aromatic carbocycles. The number of nitrogens with two attached hydrogens (primary N) is 1. The van der Waals surface area contributed by atoms with E-state index in [1.54, 1.807) is 12.1 Å². The topological polar surface area (TPSA) is 74.3 Å². The SMILES string of the molecule is CCCCCc1c(-c2ccc(C(=O)OC)cc2)c(C(N)=O)c(C)n1C1CCc2ccccc21. The standard InChI is InChI=1S/C28H32N2O3/c1-4-5-6-11-24-26(20-12-14-21(15-13-20)28(32)33-3)25(27(29)31)18(2)30(24)23-17-16-19-9-7-8-10-22(19)23/h7-10,12-15,23H,4-6,11,16-17H2,1-3H3,(H2,29,31). The van der Waals surface area contributed by atoms with Gasteiger partial charge in [0.25, 0.3) is 5.91 Å². The molecule has 5 heteroatoms. The Morgan fingerprint density at radius 3 is 2.48 bits per heavy atom. The number of primary amides is 1. The molecule has 1 heterocycles. The average Bonchev–Trinajstić information content (AvgIpc) is 3.37. The number of hydrogen-bond acceptors (Lipinski definition) is 3. The second-order valence-electron chi connectivity index (χ2n) is 8.80. The quantitative estimate of drug-likeness (QED) is 0.362. The highest BCUT2D eigenvalue weighted by Gasteiger charge is 2.31. The summed E-state index contributed by atoms with van der Waals surface area (Å²) in [7, 11) is 1.37. The Kier molecular flexibility index (Phi) is 6.68. The minimum atomic E-state index is -0.415. The molecule has 172 valence electrons. The lowest BCUT2D eigenvalue weighted by molar-refractivity contribution is 0.0600. The van der Waals surface area contributed by atoms with Crippen LogP contribution in [0.1, 0.15) is 81.9 Å². The molecule has 0 bridgehead atoms. The number of aryl methyl sites for hydroxylation is 1. The van der Waals surface area contributed by atoms with Crippen LogP contribution in [0.2, 0.25) is 0 Å². The van der Waals surface area contributed by atoms with Crippen LogP contribution in [0.25, 0.3) is 11.1 Å². The highest BCUT2D eigenvalue weighted by molar-refractivity contribution is 6.02. The second kappa shape index (κ2) is 9.65. The number of carbonyl (C=O) groups is 2. The van der Waals surface area contributed by atoms with Crippen molar-refractivity contribution in [3.63, 3.8) is 0 Å². The van der Waals surface area contributed by atoms with Gasteiger partial charge >= 0.3 is 5.97 Å². The Balaban J connectivity index is 1.91. The number of amides is 1. The molecule has 0 spiro atoms. The summed E-state index contributed by atoms with van der Waals surface area (Å²) in [6.45, 7) is 4.20. The third kappa shape index (κ3) is 4.20. The molecule has 5 nitrogen and oxygen atoms in total. The van der Waals surface area contributed by atoms with E-state index in [2.05, 4.69) is 35.8 Å². The number of fused-ring (bicyclic) bond motifs is 1. The fourth-order valence-electron chi connectivity index (χ4n) is 5.28. The summed E-state index contributed by atoms with van der Waals surface area (Å²) in [6.07, 6.45) is 6.20. The first-order valence-electron chi connectivity index (χ1n) is 11.8. The van der Waals surface area contributed by atoms with Gasteiger partial charge in [0, 0.05) is 17.0 Å². The predicted octanol–water partition coefficient (Wildman–Crippen LogP) is 5.62. The first-order chi connectivity index (χ1) is 16.0. The summed E-state index contributed by atoms with van der Waals surface area (Å²) in [5.74, 6) is -0.794. The van der Waals surface area contributed by atoms with E-state index in [1.807, 2.05) is 19.1 Å². The predicted molar refractivity (Wildman–Crippen MR) is 131 cm³/mol. The van der Waals surface area contributed by atoms with Crippen molar-refractivity contribution in [3.8, 4) is 11.1 Å². The largest absolute Gasteiger partial charge is 0.465 e. The minimum absolute atomic E-state index is 0.194. The van der Waals surface area contributed by atoms with Crippen LogP contribution in [-0.4, -0.2) is 23.6 Å². The van der Waals surface area contributed by atoms with E-state index < -0.39 is 5.91 Å². The number of nitrogens with zero attached hydrogens (tertiary/aromatic N) is 1. The number of benzene rings is 2. The number of hydrogen-bond donors (Lipinski definition) is 1. The maximum absolute atomic E-state index is 12.7. The van der Waals surface area contributed by atoms with Gasteiger partial charge in [0.1, 0.15) is 0 Å². The van der Waals surface area contributed by atoms with Crippen molar-refractivity contribution in [1.82, 2.24) is 4.57 Å². The van der Waals surface area contributed by atoms with Crippen LogP contribution >= 0.6 is 0 Å². The summed E-state index contributed by atoms with van der Waals surface area (Å²) in [5.41, 5.74) is 13.6. The van der Waals surface area contributed by atoms with Crippen LogP contribution in [0, 0.1) is 6.92 Å². The fourth-order valence-corrected chi connectivity index (χ4v) is 5.28. The number of carbonyl (C=O) groups excluding carboxylic acids is 2. The molecule has 0 radical (unpaired) electrons. The zero-order valence-electron chi connectivity index (χ0n) is 19.7. The number of unbranched alkanes of at least 4 members (excludes halogenated alkanes) is 2. The van der Waals surface area contributed by atoms with Gasteiger partial charge in [-0.15, -0.1) is 0 Å². The van der Waals surface area contributed by atoms with Crippen molar-refractivity contribution in [2.75, 3.05) is 7.11 Å². The second-order valence-corrected chi connectivity index (χ2v) is 8.80. The van der Waals surface area contributed by atoms with Gasteiger partial charge in [-0.05, 0) is 61.4 Å². The van der Waals surface area contributed by atoms with Crippen LogP contribution in [0.15, 0.2) is 48.5 Å². The Morgan fingerprint density at radius 1 is 1.09 bits per heavy atom. The molecule has 1 aliphatic carbocycles. The summed E-state index contributed by atoms with van der Waals surface area (Å²) in [5, 5.41) is 0. The van der Waals surface area contributed by atoms with E-state index in [-0.39, 0.29) is 12.0 Å². The fraction of sp³-hybridized carbons (Fsp3) is 0.357. The molecular formula is C28H32N2O3. The van der Waals surface area contributed by atoms with Gasteiger partial charge in [0.05, 0.1) is 24.3 Å². The van der Waals surface area contributed by atoms with Crippen LogP contribution in [0.4, 0.5) is 0 Å². The van der Waals surface area contributed by atoms with Crippen molar-refractivity contribution in [1.29, 1.82) is 0 Å². The summed E-state index contributed by atoms with van der Waals surface area (Å²) in [6, 6.07) is 16.1. The molecule has 4 rings (SSSR count). The molecule has 1 atom stereocenters. The molecule has 0 saturated carbocycles. The van der Waals surface area contributed by atoms with Gasteiger partial charge in [-0.2, -0.15) is 0 Å². The third-order valence-electron chi connectivity index (χ3n) is 6.82. The lowest BCUT2D eigenvalue weighted by Gasteiger charge is -2.21. The molecular weight excluding hydrogens is 412 g/mol. The van der Waals surface area contributed by atoms with Crippen molar-refractivity contribution in [2.45, 2.75) is 58.4 Å². The first kappa shape index (κ1) is 22.8. The zero-order valence-corrected chi connectivity index (χ0v) is 19.7. The molecule has 1 aromatic heterocycles. The number of esters is 1. The van der Waals surface area contributed by atoms with Crippen molar-refractivity contribution in [3.05, 3.63) is 82.2 Å². The molecule has 3 aromatic rings. The number of aromatic nitrogens is 1. The highest BCUT2D eigenvalue weighted by Crippen LogP contribution is 2.42. The van der Waals surface area contributed by atoms with Crippen molar-refractivity contribution in [2.24, 2.45) is 5.73 Å². The highest BCUT2D eigenvalue weighted by atomic mass is 16.5. The molecule has 1 unspecified atom stereocenters. The third-order valence-corrected chi connectivity index (χ3v) is 6.82. The maximum atomic E-state index is 12.7. The first-order valence-corrected chi connectivity index (χ1v) is 11.8. The van der Waals surface area contributed by atoms with Crippen LogP contribution in [0.5, 0.6) is 0 Å². The lowest BCUT2D eigenvalue weighted by Crippen LogP contribution is -2.15. The Hall–Kier alpha value is -3.34. The van der Waals surface area contributed by atoms with Gasteiger partial charge in [-0.1, -0.05) is 56.2 Å². The summed E-state index contributed by atoms with van der Waals surface area (Å²) >= 11 is 0. The summed E-state index contributed by atoms with van der Waals surface area (Å²) < 4.78 is 7.21. The minimum Gasteiger partial charge on any atom is -0.465 e. The number of methoxy groups -OCH3 is 1. The molecule has 1 aliphatic rings. The van der Waals surface area contributed by atoms with Crippen LogP contribution < -0.4 is 5.73 Å². The molecule has 0 fully saturated rings. The van der Waals surface area contributed by atoms with Gasteiger partial charge in [-0.3, -0.25) is 4.79 Å². The smallest absolute Gasteiger partial charge is 0.337 e. The zero-order chi connectivity index (χ0) is 23.5. The van der Waals surface area contributed by atoms with E-state index in [9.17, 15) is 9.59 Å². The summed E-state index contributed by atoms with van der Waals surface area (Å²) in [4.78, 5) is 24.7. The van der Waals surface area contributed by atoms with Crippen molar-refractivity contribution < 1.29 is 14.3 Å². The van der Waals surface area contributed by atoms with Gasteiger partial charge in [0.2, 0.25) is 0 Å². The van der Waals surface area contributed by atoms with E-state index in [4.69, 9.17) is 10.5 Å². The normalized spacial score (nSPS) is 14.8. The molecule has 0 aliphatic heterocycles. The van der Waals surface area contributed by atoms with E-state index >= 15 is 0 Å². The van der Waals surface area contributed by atoms with E-state index in [0.29, 0.717) is 11.1 Å². The van der Waals surface area contributed by atoms with Crippen LogP contribution in [-0.2, 0) is 17.6 Å². The Bertz CT molecular complexity index is 1170. The Labute approximate surface area is 195 Å². The monoisotopic (exact) mass is 444 g/mol. The Morgan fingerprint density at radius 2 is 1.82 bits per heavy atom. The van der Waals surface area contributed by atoms with E-state index in [1.165, 1.54) is 18.2 Å². The molecule has 0 saturated heterocycles. The van der Waals surface area contributed by atoms with Crippen LogP contribution in [0.3, 0.4) is 0 Å². The molecule has 33 heavy (non-hydrogen) atoms. The molecule has 2 N–H and O–H groups in total. The molecule has 1 amide bonds. The number of ether oxygens (including phenoxy) is 1. The van der Waals surface area contributed by atoms with Crippen molar-refractivity contribution >= 4 is 11.9 Å². The lowest BCUT2D eigenvalue weighted by atomic mass is 9.96. The average molecular weight is 445 g/mol. The van der Waals surface area contributed by atoms with Gasteiger partial charge in [-0.25, -0.2) is 4.79 Å². The van der Waals surface area contributed by atoms with Gasteiger partial charge in [0.15, 0.2) is 0 Å². The number of rotatable bonds is 8. The van der Waals surface area contributed by atoms with Gasteiger partial charge < -0.3 is 15.0 Å². The maximum Gasteiger partial charge on any atom is 0.337 e. The van der Waals surface area contributed by atoms with E-state index in [0.717, 1.165) is 61.0 Å².